The van der Waals surface area contributed by atoms with E-state index in [1.807, 2.05) is 21.1 Å². The van der Waals surface area contributed by atoms with E-state index in [1.54, 1.807) is 0 Å². The minimum Gasteiger partial charge on any atom is -0.299 e. The van der Waals surface area contributed by atoms with Crippen molar-refractivity contribution in [3.05, 3.63) is 0 Å². The van der Waals surface area contributed by atoms with Gasteiger partial charge in [-0.2, -0.15) is 4.89 Å². The Balaban J connectivity index is 2.29. The first kappa shape index (κ1) is 11.7. The predicted molar refractivity (Wildman–Crippen MR) is 63.5 cm³/mol. The van der Waals surface area contributed by atoms with Gasteiger partial charge in [0.1, 0.15) is 0 Å². The first-order valence-corrected chi connectivity index (χ1v) is 7.14. The largest absolute Gasteiger partial charge is 0.367 e. The average Bonchev–Trinajstić information content (AvgIpc) is 2.22. The molecule has 3 rings (SSSR count). The summed E-state index contributed by atoms with van der Waals surface area (Å²) in [5.74, 6) is 0. The van der Waals surface area contributed by atoms with Gasteiger partial charge in [-0.05, 0) is 0 Å². The molecule has 0 amide bonds. The number of fused-ring (bicyclic) bond motifs is 6. The van der Waals surface area contributed by atoms with E-state index in [2.05, 4.69) is 18.9 Å². The molecule has 0 atom stereocenters. The molecule has 3 aliphatic rings. The van der Waals surface area contributed by atoms with Crippen molar-refractivity contribution in [2.24, 2.45) is 0 Å². The van der Waals surface area contributed by atoms with E-state index in [0.717, 1.165) is 39.3 Å². The lowest BCUT2D eigenvalue weighted by atomic mass is 10.4. The van der Waals surface area contributed by atoms with E-state index in [9.17, 15) is 4.89 Å². The van der Waals surface area contributed by atoms with E-state index in [-0.39, 0.29) is 0 Å². The molecule has 88 valence electrons. The van der Waals surface area contributed by atoms with Gasteiger partial charge in [0.25, 0.3) is 0 Å². The number of rotatable bonds is 0. The maximum absolute atomic E-state index is 10.9. The van der Waals surface area contributed by atoms with Crippen LogP contribution in [0.25, 0.3) is 0 Å². The second kappa shape index (κ2) is 4.24. The molecule has 3 saturated heterocycles. The fraction of sp³-hybridized carbons (Fsp3) is 1.00. The summed E-state index contributed by atoms with van der Waals surface area (Å²) in [6.07, 6.45) is 0. The molecular weight excluding hydrogens is 211 g/mol. The zero-order valence-corrected chi connectivity index (χ0v) is 10.8. The highest BCUT2D eigenvalue weighted by atomic mass is 31.2. The molecular formula is C9H22N4OP+. The highest BCUT2D eigenvalue weighted by molar-refractivity contribution is 7.63. The van der Waals surface area contributed by atoms with Gasteiger partial charge in [0, 0.05) is 40.8 Å². The van der Waals surface area contributed by atoms with Gasteiger partial charge in [-0.1, -0.05) is 0 Å². The molecule has 6 heteroatoms. The molecule has 0 aromatic rings. The lowest BCUT2D eigenvalue weighted by Gasteiger charge is -2.44. The van der Waals surface area contributed by atoms with Gasteiger partial charge in [0.15, 0.2) is 0 Å². The summed E-state index contributed by atoms with van der Waals surface area (Å²) < 4.78 is 6.41. The Morgan fingerprint density at radius 3 is 1.40 bits per heavy atom. The Kier molecular flexibility index (Phi) is 3.31. The average molecular weight is 233 g/mol. The maximum Gasteiger partial charge on any atom is 0.367 e. The summed E-state index contributed by atoms with van der Waals surface area (Å²) in [5, 5.41) is 0. The van der Waals surface area contributed by atoms with Crippen LogP contribution in [-0.2, 0) is 0 Å². The van der Waals surface area contributed by atoms with Gasteiger partial charge in [0.05, 0.1) is 19.6 Å². The first-order valence-electron chi connectivity index (χ1n) is 5.54. The van der Waals surface area contributed by atoms with Crippen LogP contribution in [0.3, 0.4) is 0 Å². The molecule has 0 saturated carbocycles. The fourth-order valence-electron chi connectivity index (χ4n) is 2.38. The Morgan fingerprint density at radius 2 is 1.07 bits per heavy atom. The molecule has 3 heterocycles. The minimum atomic E-state index is -2.20. The van der Waals surface area contributed by atoms with Gasteiger partial charge in [-0.3, -0.25) is 4.90 Å². The number of hydrogen-bond donors (Lipinski definition) is 1. The van der Waals surface area contributed by atoms with E-state index in [4.69, 9.17) is 0 Å². The Bertz CT molecular complexity index is 204. The molecule has 0 aliphatic carbocycles. The van der Waals surface area contributed by atoms with E-state index >= 15 is 0 Å². The van der Waals surface area contributed by atoms with Crippen LogP contribution in [0, 0.1) is 0 Å². The quantitative estimate of drug-likeness (QED) is 0.585. The van der Waals surface area contributed by atoms with Crippen LogP contribution in [-0.4, -0.2) is 84.2 Å². The number of likely N-dealkylation sites (N-methyl/N-ethyl adjacent to an activating group) is 3. The molecule has 15 heavy (non-hydrogen) atoms. The van der Waals surface area contributed by atoms with Crippen LogP contribution >= 0.6 is 7.94 Å². The van der Waals surface area contributed by atoms with E-state index in [1.165, 1.54) is 0 Å². The van der Waals surface area contributed by atoms with E-state index < -0.39 is 7.94 Å². The summed E-state index contributed by atoms with van der Waals surface area (Å²) in [5.41, 5.74) is 0. The molecule has 2 bridgehead atoms. The van der Waals surface area contributed by atoms with Crippen molar-refractivity contribution in [3.63, 3.8) is 0 Å². The molecule has 0 spiro atoms. The highest BCUT2D eigenvalue weighted by Crippen LogP contribution is 2.62. The van der Waals surface area contributed by atoms with Gasteiger partial charge in [0.2, 0.25) is 0 Å². The zero-order valence-electron chi connectivity index (χ0n) is 9.93. The Labute approximate surface area is 92.8 Å². The maximum atomic E-state index is 10.9. The van der Waals surface area contributed by atoms with Crippen LogP contribution in [0.2, 0.25) is 0 Å². The zero-order chi connectivity index (χ0) is 11.1. The standard InChI is InChI=1S/C9H22N4OP/c1-10-4-7-13-8-5-11(2)15(10,14)12(3)6-9-13/h14H,4-9H2,1-3H3/q+1. The molecule has 5 nitrogen and oxygen atoms in total. The van der Waals surface area contributed by atoms with Crippen molar-refractivity contribution < 1.29 is 4.89 Å². The second-order valence-corrected chi connectivity index (χ2v) is 7.64. The number of nitrogens with zero attached hydrogens (tertiary/aromatic N) is 4. The second-order valence-electron chi connectivity index (χ2n) is 4.52. The minimum absolute atomic E-state index is 0.957. The van der Waals surface area contributed by atoms with Crippen molar-refractivity contribution in [1.82, 2.24) is 18.9 Å². The van der Waals surface area contributed by atoms with Crippen molar-refractivity contribution in [2.45, 2.75) is 0 Å². The monoisotopic (exact) mass is 233 g/mol. The third-order valence-electron chi connectivity index (χ3n) is 3.59. The van der Waals surface area contributed by atoms with Crippen LogP contribution in [0.1, 0.15) is 0 Å². The molecule has 0 unspecified atom stereocenters. The summed E-state index contributed by atoms with van der Waals surface area (Å²) in [6.45, 7) is 6.12. The lowest BCUT2D eigenvalue weighted by Crippen LogP contribution is -2.53. The van der Waals surface area contributed by atoms with Gasteiger partial charge >= 0.3 is 7.94 Å². The SMILES string of the molecule is CN1CCN2CCN(C)[P+]1(O)N(C)CC2. The summed E-state index contributed by atoms with van der Waals surface area (Å²) in [6, 6.07) is 0. The van der Waals surface area contributed by atoms with Crippen LogP contribution < -0.4 is 0 Å². The fourth-order valence-corrected chi connectivity index (χ4v) is 5.02. The number of hydrogen-bond acceptors (Lipinski definition) is 5. The van der Waals surface area contributed by atoms with Crippen molar-refractivity contribution >= 4 is 7.94 Å². The lowest BCUT2D eigenvalue weighted by molar-refractivity contribution is 0.157. The molecule has 3 aliphatic heterocycles. The highest BCUT2D eigenvalue weighted by Gasteiger charge is 2.53. The van der Waals surface area contributed by atoms with Crippen molar-refractivity contribution in [2.75, 3.05) is 60.4 Å². The van der Waals surface area contributed by atoms with Gasteiger partial charge < -0.3 is 0 Å². The smallest absolute Gasteiger partial charge is 0.299 e. The Hall–Kier alpha value is 0.230. The predicted octanol–water partition coefficient (Wildman–Crippen LogP) is -0.219. The summed E-state index contributed by atoms with van der Waals surface area (Å²) >= 11 is 0. The third-order valence-corrected chi connectivity index (χ3v) is 6.94. The van der Waals surface area contributed by atoms with Gasteiger partial charge in [-0.15, -0.1) is 14.0 Å². The van der Waals surface area contributed by atoms with E-state index in [0.29, 0.717) is 0 Å². The molecule has 0 aromatic carbocycles. The van der Waals surface area contributed by atoms with Crippen molar-refractivity contribution in [3.8, 4) is 0 Å². The summed E-state index contributed by atoms with van der Waals surface area (Å²) in [4.78, 5) is 13.4. The van der Waals surface area contributed by atoms with Gasteiger partial charge in [-0.25, -0.2) is 0 Å². The third kappa shape index (κ3) is 1.93. The topological polar surface area (TPSA) is 33.2 Å². The molecule has 0 aromatic heterocycles. The normalized spacial score (nSPS) is 41.2. The Morgan fingerprint density at radius 1 is 0.733 bits per heavy atom. The van der Waals surface area contributed by atoms with Crippen LogP contribution in [0.5, 0.6) is 0 Å². The first-order chi connectivity index (χ1) is 7.05. The molecule has 0 radical (unpaired) electrons. The van der Waals surface area contributed by atoms with Crippen LogP contribution in [0.15, 0.2) is 0 Å². The molecule has 1 N–H and O–H groups in total. The summed E-state index contributed by atoms with van der Waals surface area (Å²) in [7, 11) is 3.92. The molecule has 3 fully saturated rings. The van der Waals surface area contributed by atoms with Crippen LogP contribution in [0.4, 0.5) is 0 Å². The van der Waals surface area contributed by atoms with Crippen molar-refractivity contribution in [1.29, 1.82) is 0 Å².